The van der Waals surface area contributed by atoms with Crippen molar-refractivity contribution < 1.29 is 19.3 Å². The van der Waals surface area contributed by atoms with Crippen LogP contribution in [0.5, 0.6) is 0 Å². The van der Waals surface area contributed by atoms with Gasteiger partial charge in [-0.2, -0.15) is 0 Å². The standard InChI is InChI=1S/C7H16BNO4/c1-12-7(11)3-2-6(4-10)8-13-5-9/h6,8,10H,2-5,9H2,1H3/t6-/m0/s1. The van der Waals surface area contributed by atoms with Crippen molar-refractivity contribution in [1.29, 1.82) is 0 Å². The smallest absolute Gasteiger partial charge is 0.305 e. The Labute approximate surface area is 78.5 Å². The Morgan fingerprint density at radius 3 is 2.85 bits per heavy atom. The molecule has 0 saturated carbocycles. The maximum absolute atomic E-state index is 10.7. The number of aliphatic hydroxyl groups is 1. The van der Waals surface area contributed by atoms with Gasteiger partial charge in [0.05, 0.1) is 13.8 Å². The number of rotatable bonds is 7. The third-order valence-electron chi connectivity index (χ3n) is 1.71. The summed E-state index contributed by atoms with van der Waals surface area (Å²) in [7, 11) is 1.72. The van der Waals surface area contributed by atoms with Crippen LogP contribution in [0.1, 0.15) is 12.8 Å². The van der Waals surface area contributed by atoms with Crippen molar-refractivity contribution in [2.24, 2.45) is 5.73 Å². The minimum absolute atomic E-state index is 0.00298. The van der Waals surface area contributed by atoms with Gasteiger partial charge in [-0.25, -0.2) is 0 Å². The number of carbonyl (C=O) groups is 1. The molecule has 13 heavy (non-hydrogen) atoms. The van der Waals surface area contributed by atoms with Gasteiger partial charge in [-0.15, -0.1) is 0 Å². The minimum Gasteiger partial charge on any atom is -0.469 e. The highest BCUT2D eigenvalue weighted by atomic mass is 16.5. The van der Waals surface area contributed by atoms with Gasteiger partial charge < -0.3 is 20.2 Å². The molecule has 0 aliphatic carbocycles. The third-order valence-corrected chi connectivity index (χ3v) is 1.71. The van der Waals surface area contributed by atoms with Crippen LogP contribution in [0.3, 0.4) is 0 Å². The van der Waals surface area contributed by atoms with Crippen LogP contribution in [0.25, 0.3) is 0 Å². The van der Waals surface area contributed by atoms with E-state index in [0.29, 0.717) is 20.3 Å². The average Bonchev–Trinajstić information content (AvgIpc) is 2.17. The molecule has 0 aromatic heterocycles. The summed E-state index contributed by atoms with van der Waals surface area (Å²) >= 11 is 0. The molecule has 5 nitrogen and oxygen atoms in total. The molecule has 1 atom stereocenters. The van der Waals surface area contributed by atoms with E-state index in [0.717, 1.165) is 0 Å². The Morgan fingerprint density at radius 2 is 2.38 bits per heavy atom. The van der Waals surface area contributed by atoms with E-state index in [2.05, 4.69) is 4.74 Å². The van der Waals surface area contributed by atoms with Crippen LogP contribution < -0.4 is 5.73 Å². The molecule has 0 amide bonds. The number of hydrogen-bond acceptors (Lipinski definition) is 5. The summed E-state index contributed by atoms with van der Waals surface area (Å²) in [5.41, 5.74) is 5.12. The zero-order valence-corrected chi connectivity index (χ0v) is 7.86. The molecule has 3 N–H and O–H groups in total. The Balaban J connectivity index is 3.52. The number of aliphatic hydroxyl groups excluding tert-OH is 1. The van der Waals surface area contributed by atoms with Gasteiger partial charge in [0, 0.05) is 13.0 Å². The molecule has 0 unspecified atom stereocenters. The number of methoxy groups -OCH3 is 1. The van der Waals surface area contributed by atoms with Crippen molar-refractivity contribution >= 4 is 13.5 Å². The Bertz CT molecular complexity index is 144. The number of hydrogen-bond donors (Lipinski definition) is 2. The normalized spacial score (nSPS) is 12.2. The van der Waals surface area contributed by atoms with Gasteiger partial charge in [0.15, 0.2) is 0 Å². The second kappa shape index (κ2) is 8.03. The topological polar surface area (TPSA) is 81.8 Å². The highest BCUT2D eigenvalue weighted by Crippen LogP contribution is 2.11. The lowest BCUT2D eigenvalue weighted by atomic mass is 9.77. The monoisotopic (exact) mass is 189 g/mol. The predicted octanol–water partition coefficient (Wildman–Crippen LogP) is -0.995. The maximum atomic E-state index is 10.7. The van der Waals surface area contributed by atoms with E-state index < -0.39 is 0 Å². The maximum Gasteiger partial charge on any atom is 0.305 e. The summed E-state index contributed by atoms with van der Waals surface area (Å²) in [6.45, 7) is 0.131. The lowest BCUT2D eigenvalue weighted by molar-refractivity contribution is -0.140. The fourth-order valence-corrected chi connectivity index (χ4v) is 0.886. The molecule has 76 valence electrons. The van der Waals surface area contributed by atoms with Crippen molar-refractivity contribution in [3.05, 3.63) is 0 Å². The molecule has 0 saturated heterocycles. The van der Waals surface area contributed by atoms with Gasteiger partial charge in [-0.05, 0) is 12.2 Å². The fraction of sp³-hybridized carbons (Fsp3) is 0.857. The predicted molar refractivity (Wildman–Crippen MR) is 49.4 cm³/mol. The van der Waals surface area contributed by atoms with Crippen LogP contribution in [0.4, 0.5) is 0 Å². The first kappa shape index (κ1) is 12.4. The molecule has 0 aliphatic rings. The lowest BCUT2D eigenvalue weighted by Crippen LogP contribution is -2.17. The van der Waals surface area contributed by atoms with Gasteiger partial charge in [0.25, 0.3) is 7.48 Å². The molecule has 0 fully saturated rings. The highest BCUT2D eigenvalue weighted by molar-refractivity contribution is 6.29. The Kier molecular flexibility index (Phi) is 7.67. The van der Waals surface area contributed by atoms with Crippen molar-refractivity contribution in [2.45, 2.75) is 18.7 Å². The summed E-state index contributed by atoms with van der Waals surface area (Å²) in [6, 6.07) is 0. The number of esters is 1. The summed E-state index contributed by atoms with van der Waals surface area (Å²) in [5.74, 6) is -0.311. The molecular weight excluding hydrogens is 173 g/mol. The SMILES string of the molecule is COC(=O)CC[C@H](BOCN)CO. The zero-order valence-electron chi connectivity index (χ0n) is 7.86. The average molecular weight is 189 g/mol. The van der Waals surface area contributed by atoms with E-state index >= 15 is 0 Å². The lowest BCUT2D eigenvalue weighted by Gasteiger charge is -2.10. The van der Waals surface area contributed by atoms with Crippen molar-refractivity contribution in [2.75, 3.05) is 20.4 Å². The van der Waals surface area contributed by atoms with Crippen LogP contribution in [-0.4, -0.2) is 39.0 Å². The zero-order chi connectivity index (χ0) is 10.1. The van der Waals surface area contributed by atoms with Gasteiger partial charge in [0.1, 0.15) is 0 Å². The Morgan fingerprint density at radius 1 is 1.69 bits per heavy atom. The van der Waals surface area contributed by atoms with Crippen LogP contribution >= 0.6 is 0 Å². The van der Waals surface area contributed by atoms with Gasteiger partial charge in [0.2, 0.25) is 0 Å². The molecule has 0 bridgehead atoms. The first-order chi connectivity index (χ1) is 6.24. The first-order valence-electron chi connectivity index (χ1n) is 4.20. The molecular formula is C7H16BNO4. The van der Waals surface area contributed by atoms with Crippen LogP contribution in [-0.2, 0) is 14.2 Å². The number of carbonyl (C=O) groups excluding carboxylic acids is 1. The largest absolute Gasteiger partial charge is 0.469 e. The third kappa shape index (κ3) is 6.56. The summed E-state index contributed by atoms with van der Waals surface area (Å²) in [6.07, 6.45) is 0.860. The van der Waals surface area contributed by atoms with E-state index in [1.165, 1.54) is 7.11 Å². The molecule has 0 aromatic rings. The Hall–Kier alpha value is -0.585. The summed E-state index contributed by atoms with van der Waals surface area (Å²) in [5, 5.41) is 8.87. The summed E-state index contributed by atoms with van der Waals surface area (Å²) in [4.78, 5) is 10.7. The van der Waals surface area contributed by atoms with Crippen LogP contribution in [0.2, 0.25) is 5.82 Å². The molecule has 0 heterocycles. The van der Waals surface area contributed by atoms with Gasteiger partial charge in [-0.1, -0.05) is 0 Å². The van der Waals surface area contributed by atoms with Crippen molar-refractivity contribution in [1.82, 2.24) is 0 Å². The second-order valence-corrected chi connectivity index (χ2v) is 2.70. The quantitative estimate of drug-likeness (QED) is 0.305. The first-order valence-corrected chi connectivity index (χ1v) is 4.20. The molecule has 0 spiro atoms. The molecule has 0 rings (SSSR count). The van der Waals surface area contributed by atoms with E-state index in [-0.39, 0.29) is 25.1 Å². The van der Waals surface area contributed by atoms with Crippen molar-refractivity contribution in [3.8, 4) is 0 Å². The fourth-order valence-electron chi connectivity index (χ4n) is 0.886. The van der Waals surface area contributed by atoms with Crippen molar-refractivity contribution in [3.63, 3.8) is 0 Å². The van der Waals surface area contributed by atoms with E-state index in [4.69, 9.17) is 15.5 Å². The summed E-state index contributed by atoms with van der Waals surface area (Å²) < 4.78 is 9.38. The second-order valence-electron chi connectivity index (χ2n) is 2.70. The van der Waals surface area contributed by atoms with E-state index in [9.17, 15) is 4.79 Å². The van der Waals surface area contributed by atoms with Gasteiger partial charge >= 0.3 is 5.97 Å². The minimum atomic E-state index is -0.272. The molecule has 0 radical (unpaired) electrons. The number of ether oxygens (including phenoxy) is 1. The molecule has 0 aliphatic heterocycles. The van der Waals surface area contributed by atoms with E-state index in [1.807, 2.05) is 0 Å². The van der Waals surface area contributed by atoms with E-state index in [1.54, 1.807) is 0 Å². The molecule has 0 aromatic carbocycles. The molecule has 6 heteroatoms. The van der Waals surface area contributed by atoms with Crippen LogP contribution in [0.15, 0.2) is 0 Å². The number of nitrogens with two attached hydrogens (primary N) is 1. The van der Waals surface area contributed by atoms with Crippen LogP contribution in [0, 0.1) is 0 Å². The van der Waals surface area contributed by atoms with Gasteiger partial charge in [-0.3, -0.25) is 4.79 Å². The highest BCUT2D eigenvalue weighted by Gasteiger charge is 2.12.